The van der Waals surface area contributed by atoms with Crippen LogP contribution < -0.4 is 54.4 Å². The lowest BCUT2D eigenvalue weighted by Crippen LogP contribution is -2.61. The Morgan fingerprint density at radius 2 is 1.03 bits per heavy atom. The number of likely N-dealkylation sites (tertiary alicyclic amines) is 1. The van der Waals surface area contributed by atoms with Crippen LogP contribution in [0.4, 0.5) is 0 Å². The molecule has 0 unspecified atom stereocenters. The van der Waals surface area contributed by atoms with E-state index in [1.807, 2.05) is 0 Å². The van der Waals surface area contributed by atoms with Gasteiger partial charge in [-0.25, -0.2) is 4.79 Å². The molecule has 62 heavy (non-hydrogen) atoms. The van der Waals surface area contributed by atoms with Gasteiger partial charge in [0.15, 0.2) is 5.96 Å². The lowest BCUT2D eigenvalue weighted by Gasteiger charge is -2.33. The van der Waals surface area contributed by atoms with E-state index in [2.05, 4.69) is 42.2 Å². The molecule has 22 nitrogen and oxygen atoms in total. The molecule has 8 amide bonds. The molecule has 0 aromatic heterocycles. The van der Waals surface area contributed by atoms with Crippen LogP contribution in [0.25, 0.3) is 0 Å². The van der Waals surface area contributed by atoms with Crippen molar-refractivity contribution in [3.63, 3.8) is 0 Å². The molecule has 1 fully saturated rings. The Morgan fingerprint density at radius 3 is 1.50 bits per heavy atom. The summed E-state index contributed by atoms with van der Waals surface area (Å²) >= 11 is 0. The number of hydrogen-bond donors (Lipinski definition) is 11. The standard InChI is InChI=1S/C40H72N12O10/c1-18(2)27(48-31(53)22(9)41)36(58)46-23(10)32(54)45-24(11)33(55)49-28(19(3)4)37(59)50-29(20(5)6)38(60)52-17-13-15-26(52)35(57)47-25(14-12-16-44-40(42)43)34(56)51-30(21(7)8)39(61)62/h18-30H,12-17,41H2,1-11H3,(H,45,54)(H,46,58)(H,47,57)(H,48,53)(H,49,55)(H,50,59)(H,51,56)(H,61,62)(H4,42,43,44)/t22-,23-,24-,25-,26-,27-,28-,29-,30-/m0/s1. The Labute approximate surface area is 364 Å². The number of nitrogens with zero attached hydrogens (tertiary/aromatic N) is 2. The van der Waals surface area contributed by atoms with Crippen molar-refractivity contribution in [2.75, 3.05) is 13.1 Å². The van der Waals surface area contributed by atoms with Gasteiger partial charge >= 0.3 is 5.97 Å². The number of rotatable bonds is 24. The van der Waals surface area contributed by atoms with E-state index in [1.54, 1.807) is 55.4 Å². The molecule has 0 aromatic rings. The molecule has 1 saturated heterocycles. The van der Waals surface area contributed by atoms with Gasteiger partial charge in [0.2, 0.25) is 47.3 Å². The van der Waals surface area contributed by atoms with Crippen LogP contribution in [0.3, 0.4) is 0 Å². The van der Waals surface area contributed by atoms with Crippen LogP contribution in [-0.4, -0.2) is 137 Å². The maximum atomic E-state index is 14.1. The van der Waals surface area contributed by atoms with E-state index in [4.69, 9.17) is 17.2 Å². The largest absolute Gasteiger partial charge is 0.480 e. The number of nitrogens with two attached hydrogens (primary N) is 3. The van der Waals surface area contributed by atoms with Gasteiger partial charge in [0.05, 0.1) is 6.04 Å². The topological polar surface area (TPSA) is 352 Å². The summed E-state index contributed by atoms with van der Waals surface area (Å²) in [5.41, 5.74) is 16.4. The number of hydrogen-bond acceptors (Lipinski definition) is 11. The zero-order valence-corrected chi connectivity index (χ0v) is 38.0. The zero-order valence-electron chi connectivity index (χ0n) is 38.0. The highest BCUT2D eigenvalue weighted by molar-refractivity contribution is 5.98. The molecule has 14 N–H and O–H groups in total. The van der Waals surface area contributed by atoms with Gasteiger partial charge in [-0.05, 0) is 70.1 Å². The number of nitrogens with one attached hydrogen (secondary N) is 7. The van der Waals surface area contributed by atoms with Gasteiger partial charge < -0.3 is 64.4 Å². The van der Waals surface area contributed by atoms with Crippen molar-refractivity contribution in [3.05, 3.63) is 0 Å². The number of carbonyl (C=O) groups is 9. The van der Waals surface area contributed by atoms with E-state index >= 15 is 0 Å². The lowest BCUT2D eigenvalue weighted by atomic mass is 9.98. The van der Waals surface area contributed by atoms with E-state index in [0.29, 0.717) is 6.42 Å². The molecule has 352 valence electrons. The zero-order chi connectivity index (χ0) is 47.8. The third-order valence-corrected chi connectivity index (χ3v) is 10.3. The summed E-state index contributed by atoms with van der Waals surface area (Å²) < 4.78 is 0. The molecule has 0 aromatic carbocycles. The lowest BCUT2D eigenvalue weighted by molar-refractivity contribution is -0.145. The van der Waals surface area contributed by atoms with Gasteiger partial charge in [-0.1, -0.05) is 55.4 Å². The fourth-order valence-corrected chi connectivity index (χ4v) is 6.45. The van der Waals surface area contributed by atoms with E-state index in [0.717, 1.165) is 0 Å². The Kier molecular flexibility index (Phi) is 22.3. The minimum absolute atomic E-state index is 0.0546. The second kappa shape index (κ2) is 25.4. The van der Waals surface area contributed by atoms with Crippen LogP contribution in [0, 0.1) is 23.7 Å². The fourth-order valence-electron chi connectivity index (χ4n) is 6.45. The second-order valence-corrected chi connectivity index (χ2v) is 17.2. The minimum atomic E-state index is -1.25. The Bertz CT molecular complexity index is 1630. The van der Waals surface area contributed by atoms with E-state index in [1.165, 1.54) is 25.7 Å². The van der Waals surface area contributed by atoms with Crippen LogP contribution in [0.1, 0.15) is 102 Å². The van der Waals surface area contributed by atoms with Crippen LogP contribution in [0.2, 0.25) is 0 Å². The molecule has 0 spiro atoms. The monoisotopic (exact) mass is 881 g/mol. The second-order valence-electron chi connectivity index (χ2n) is 17.2. The van der Waals surface area contributed by atoms with Crippen molar-refractivity contribution in [2.45, 2.75) is 156 Å². The van der Waals surface area contributed by atoms with Crippen molar-refractivity contribution in [2.24, 2.45) is 45.9 Å². The number of carbonyl (C=O) groups excluding carboxylic acids is 8. The predicted octanol–water partition coefficient (Wildman–Crippen LogP) is -2.48. The average Bonchev–Trinajstić information content (AvgIpc) is 3.67. The molecule has 1 aliphatic heterocycles. The normalized spacial score (nSPS) is 17.7. The molecular formula is C40H72N12O10. The summed E-state index contributed by atoms with van der Waals surface area (Å²) in [7, 11) is 0. The molecule has 1 heterocycles. The number of aliphatic imine (C=N–C) groups is 1. The number of aliphatic carboxylic acids is 1. The van der Waals surface area contributed by atoms with E-state index in [9.17, 15) is 48.3 Å². The molecule has 9 atom stereocenters. The van der Waals surface area contributed by atoms with Crippen LogP contribution in [0.5, 0.6) is 0 Å². The van der Waals surface area contributed by atoms with Crippen molar-refractivity contribution in [1.82, 2.24) is 42.1 Å². The van der Waals surface area contributed by atoms with Crippen molar-refractivity contribution >= 4 is 59.2 Å². The number of guanidine groups is 1. The first-order chi connectivity index (χ1) is 28.7. The highest BCUT2D eigenvalue weighted by Crippen LogP contribution is 2.21. The molecule has 0 radical (unpaired) electrons. The van der Waals surface area contributed by atoms with Gasteiger partial charge in [-0.2, -0.15) is 0 Å². The first-order valence-corrected chi connectivity index (χ1v) is 21.2. The molecule has 0 aliphatic carbocycles. The number of amides is 8. The van der Waals surface area contributed by atoms with Crippen LogP contribution >= 0.6 is 0 Å². The van der Waals surface area contributed by atoms with E-state index < -0.39 is 125 Å². The van der Waals surface area contributed by atoms with Crippen LogP contribution in [0.15, 0.2) is 4.99 Å². The van der Waals surface area contributed by atoms with Gasteiger partial charge in [0.25, 0.3) is 0 Å². The molecular weight excluding hydrogens is 809 g/mol. The fraction of sp³-hybridized carbons (Fsp3) is 0.750. The first kappa shape index (κ1) is 54.5. The molecule has 1 rings (SSSR count). The smallest absolute Gasteiger partial charge is 0.326 e. The minimum Gasteiger partial charge on any atom is -0.480 e. The summed E-state index contributed by atoms with van der Waals surface area (Å²) in [5.74, 6) is -8.39. The SMILES string of the molecule is CC(C)[C@H](NC(=O)[C@H](CCCN=C(N)N)NC(=O)[C@@H]1CCCN1C(=O)[C@@H](NC(=O)[C@@H](NC(=O)[C@H](C)NC(=O)[C@H](C)NC(=O)[C@@H](NC(=O)[C@H](C)N)C(C)C)C(C)C)C(C)C)C(=O)O. The Balaban J connectivity index is 3.11. The summed E-state index contributed by atoms with van der Waals surface area (Å²) in [5, 5.41) is 27.8. The third-order valence-electron chi connectivity index (χ3n) is 10.3. The van der Waals surface area contributed by atoms with Crippen molar-refractivity contribution in [3.8, 4) is 0 Å². The average molecular weight is 881 g/mol. The van der Waals surface area contributed by atoms with Gasteiger partial charge in [-0.15, -0.1) is 0 Å². The quantitative estimate of drug-likeness (QED) is 0.0272. The number of carboxylic acids is 1. The van der Waals surface area contributed by atoms with Gasteiger partial charge in [0, 0.05) is 13.1 Å². The van der Waals surface area contributed by atoms with Crippen molar-refractivity contribution in [1.29, 1.82) is 0 Å². The third kappa shape index (κ3) is 17.1. The molecule has 22 heteroatoms. The summed E-state index contributed by atoms with van der Waals surface area (Å²) in [4.78, 5) is 124. The van der Waals surface area contributed by atoms with E-state index in [-0.39, 0.29) is 44.2 Å². The van der Waals surface area contributed by atoms with Gasteiger partial charge in [0.1, 0.15) is 48.3 Å². The van der Waals surface area contributed by atoms with Crippen molar-refractivity contribution < 1.29 is 48.3 Å². The first-order valence-electron chi connectivity index (χ1n) is 21.2. The molecule has 1 aliphatic rings. The highest BCUT2D eigenvalue weighted by atomic mass is 16.4. The summed E-state index contributed by atoms with van der Waals surface area (Å²) in [6.07, 6.45) is 1.01. The molecule has 0 saturated carbocycles. The molecule has 0 bridgehead atoms. The predicted molar refractivity (Wildman–Crippen MR) is 230 cm³/mol. The van der Waals surface area contributed by atoms with Crippen LogP contribution in [-0.2, 0) is 43.2 Å². The van der Waals surface area contributed by atoms with Gasteiger partial charge in [-0.3, -0.25) is 43.3 Å². The maximum Gasteiger partial charge on any atom is 0.326 e. The highest BCUT2D eigenvalue weighted by Gasteiger charge is 2.41. The Hall–Kier alpha value is -5.54. The number of carboxylic acid groups (broad SMARTS) is 1. The summed E-state index contributed by atoms with van der Waals surface area (Å²) in [6.45, 7) is 18.0. The maximum absolute atomic E-state index is 14.1. The Morgan fingerprint density at radius 1 is 0.597 bits per heavy atom. The summed E-state index contributed by atoms with van der Waals surface area (Å²) in [6, 6.07) is -9.84.